The average molecular weight is 244 g/mol. The third-order valence-electron chi connectivity index (χ3n) is 2.26. The van der Waals surface area contributed by atoms with Crippen molar-refractivity contribution in [1.82, 2.24) is 4.31 Å². The van der Waals surface area contributed by atoms with Gasteiger partial charge >= 0.3 is 0 Å². The van der Waals surface area contributed by atoms with Gasteiger partial charge in [0.1, 0.15) is 0 Å². The van der Waals surface area contributed by atoms with Gasteiger partial charge in [-0.15, -0.1) is 0 Å². The van der Waals surface area contributed by atoms with Crippen LogP contribution in [0.25, 0.3) is 0 Å². The molecule has 0 fully saturated rings. The van der Waals surface area contributed by atoms with Gasteiger partial charge in [0.15, 0.2) is 0 Å². The normalized spacial score (nSPS) is 12.0. The standard InChI is InChI=1S/C10H16N2O3S/c1-12(5-6-13)16(14,15)10-4-2-3-9(7-10)8-11/h2-4,7,13H,5-6,8,11H2,1H3. The number of hydrogen-bond donors (Lipinski definition) is 2. The van der Waals surface area contributed by atoms with Gasteiger partial charge in [-0.2, -0.15) is 4.31 Å². The van der Waals surface area contributed by atoms with Crippen molar-refractivity contribution in [2.24, 2.45) is 5.73 Å². The molecule has 0 aliphatic carbocycles. The number of sulfonamides is 1. The molecule has 0 aliphatic heterocycles. The van der Waals surface area contributed by atoms with E-state index in [1.165, 1.54) is 13.1 Å². The molecule has 0 saturated heterocycles. The Bertz CT molecular complexity index is 445. The van der Waals surface area contributed by atoms with E-state index in [2.05, 4.69) is 0 Å². The number of hydrogen-bond acceptors (Lipinski definition) is 4. The van der Waals surface area contributed by atoms with Crippen LogP contribution in [0.1, 0.15) is 5.56 Å². The van der Waals surface area contributed by atoms with Crippen molar-refractivity contribution in [3.63, 3.8) is 0 Å². The highest BCUT2D eigenvalue weighted by molar-refractivity contribution is 7.89. The Morgan fingerprint density at radius 2 is 2.12 bits per heavy atom. The van der Waals surface area contributed by atoms with E-state index in [1.54, 1.807) is 18.2 Å². The number of nitrogens with two attached hydrogens (primary N) is 1. The van der Waals surface area contributed by atoms with E-state index < -0.39 is 10.0 Å². The molecule has 1 rings (SSSR count). The van der Waals surface area contributed by atoms with Gasteiger partial charge in [-0.05, 0) is 17.7 Å². The fourth-order valence-electron chi connectivity index (χ4n) is 1.27. The molecule has 1 aromatic carbocycles. The smallest absolute Gasteiger partial charge is 0.242 e. The summed E-state index contributed by atoms with van der Waals surface area (Å²) in [6.07, 6.45) is 0. The lowest BCUT2D eigenvalue weighted by molar-refractivity contribution is 0.266. The van der Waals surface area contributed by atoms with Crippen molar-refractivity contribution in [3.05, 3.63) is 29.8 Å². The van der Waals surface area contributed by atoms with Gasteiger partial charge < -0.3 is 10.8 Å². The highest BCUT2D eigenvalue weighted by Gasteiger charge is 2.19. The highest BCUT2D eigenvalue weighted by Crippen LogP contribution is 2.15. The van der Waals surface area contributed by atoms with Crippen LogP contribution in [-0.4, -0.2) is 38.0 Å². The van der Waals surface area contributed by atoms with Gasteiger partial charge in [-0.25, -0.2) is 8.42 Å². The molecule has 0 heterocycles. The third kappa shape index (κ3) is 2.79. The first-order chi connectivity index (χ1) is 7.52. The number of rotatable bonds is 5. The van der Waals surface area contributed by atoms with Crippen molar-refractivity contribution < 1.29 is 13.5 Å². The molecule has 0 radical (unpaired) electrons. The van der Waals surface area contributed by atoms with E-state index in [-0.39, 0.29) is 18.0 Å². The Balaban J connectivity index is 3.06. The minimum absolute atomic E-state index is 0.0786. The molecule has 3 N–H and O–H groups in total. The van der Waals surface area contributed by atoms with Crippen molar-refractivity contribution in [3.8, 4) is 0 Å². The topological polar surface area (TPSA) is 83.6 Å². The minimum atomic E-state index is -3.52. The zero-order valence-electron chi connectivity index (χ0n) is 9.13. The van der Waals surface area contributed by atoms with Crippen molar-refractivity contribution in [2.75, 3.05) is 20.2 Å². The summed E-state index contributed by atoms with van der Waals surface area (Å²) in [7, 11) is -2.08. The van der Waals surface area contributed by atoms with Gasteiger partial charge in [0.25, 0.3) is 0 Å². The molecule has 0 aliphatic rings. The van der Waals surface area contributed by atoms with E-state index in [0.29, 0.717) is 6.54 Å². The molecular weight excluding hydrogens is 228 g/mol. The Kier molecular flexibility index (Phi) is 4.43. The van der Waals surface area contributed by atoms with Gasteiger partial charge in [0, 0.05) is 20.1 Å². The van der Waals surface area contributed by atoms with E-state index >= 15 is 0 Å². The predicted molar refractivity (Wildman–Crippen MR) is 61.2 cm³/mol. The average Bonchev–Trinajstić information content (AvgIpc) is 2.29. The molecule has 0 aromatic heterocycles. The molecular formula is C10H16N2O3S. The van der Waals surface area contributed by atoms with Crippen LogP contribution in [0.15, 0.2) is 29.2 Å². The summed E-state index contributed by atoms with van der Waals surface area (Å²) < 4.78 is 25.0. The molecule has 0 atom stereocenters. The van der Waals surface area contributed by atoms with E-state index in [1.807, 2.05) is 0 Å². The maximum atomic E-state index is 12.0. The molecule has 6 heteroatoms. The van der Waals surface area contributed by atoms with E-state index in [0.717, 1.165) is 9.87 Å². The van der Waals surface area contributed by atoms with E-state index in [9.17, 15) is 8.42 Å². The molecule has 90 valence electrons. The first-order valence-electron chi connectivity index (χ1n) is 4.88. The van der Waals surface area contributed by atoms with Crippen LogP contribution in [0.4, 0.5) is 0 Å². The van der Waals surface area contributed by atoms with Crippen molar-refractivity contribution >= 4 is 10.0 Å². The monoisotopic (exact) mass is 244 g/mol. The molecule has 1 aromatic rings. The van der Waals surface area contributed by atoms with Crippen LogP contribution in [0.2, 0.25) is 0 Å². The fourth-order valence-corrected chi connectivity index (χ4v) is 2.51. The number of aliphatic hydroxyl groups excluding tert-OH is 1. The van der Waals surface area contributed by atoms with Gasteiger partial charge in [-0.3, -0.25) is 0 Å². The maximum absolute atomic E-state index is 12.0. The van der Waals surface area contributed by atoms with Gasteiger partial charge in [0.05, 0.1) is 11.5 Å². The van der Waals surface area contributed by atoms with Gasteiger partial charge in [0.2, 0.25) is 10.0 Å². The Morgan fingerprint density at radius 1 is 1.44 bits per heavy atom. The number of benzene rings is 1. The zero-order chi connectivity index (χ0) is 12.2. The molecule has 0 bridgehead atoms. The van der Waals surface area contributed by atoms with Crippen LogP contribution < -0.4 is 5.73 Å². The summed E-state index contributed by atoms with van der Waals surface area (Å²) in [6.45, 7) is 0.175. The number of likely N-dealkylation sites (N-methyl/N-ethyl adjacent to an activating group) is 1. The molecule has 0 amide bonds. The Morgan fingerprint density at radius 3 is 2.69 bits per heavy atom. The summed E-state index contributed by atoms with van der Waals surface area (Å²) in [6, 6.07) is 6.48. The molecule has 16 heavy (non-hydrogen) atoms. The number of nitrogens with zero attached hydrogens (tertiary/aromatic N) is 1. The Labute approximate surface area is 95.5 Å². The third-order valence-corrected chi connectivity index (χ3v) is 4.11. The second-order valence-corrected chi connectivity index (χ2v) is 5.45. The van der Waals surface area contributed by atoms with Crippen molar-refractivity contribution in [2.45, 2.75) is 11.4 Å². The van der Waals surface area contributed by atoms with Crippen LogP contribution in [0.3, 0.4) is 0 Å². The zero-order valence-corrected chi connectivity index (χ0v) is 9.94. The minimum Gasteiger partial charge on any atom is -0.395 e. The Hall–Kier alpha value is -0.950. The van der Waals surface area contributed by atoms with Crippen LogP contribution in [0.5, 0.6) is 0 Å². The van der Waals surface area contributed by atoms with E-state index in [4.69, 9.17) is 10.8 Å². The number of aliphatic hydroxyl groups is 1. The second-order valence-electron chi connectivity index (χ2n) is 3.40. The van der Waals surface area contributed by atoms with Crippen molar-refractivity contribution in [1.29, 1.82) is 0 Å². The summed E-state index contributed by atoms with van der Waals surface area (Å²) in [5, 5.41) is 8.72. The largest absolute Gasteiger partial charge is 0.395 e. The molecule has 5 nitrogen and oxygen atoms in total. The SMILES string of the molecule is CN(CCO)S(=O)(=O)c1cccc(CN)c1. The van der Waals surface area contributed by atoms with Crippen LogP contribution in [-0.2, 0) is 16.6 Å². The predicted octanol–water partition coefficient (Wildman–Crippen LogP) is -0.242. The lowest BCUT2D eigenvalue weighted by atomic mass is 10.2. The first-order valence-corrected chi connectivity index (χ1v) is 6.32. The maximum Gasteiger partial charge on any atom is 0.242 e. The molecule has 0 saturated carbocycles. The van der Waals surface area contributed by atoms with Crippen LogP contribution in [0, 0.1) is 0 Å². The second kappa shape index (κ2) is 5.40. The molecule has 0 spiro atoms. The highest BCUT2D eigenvalue weighted by atomic mass is 32.2. The summed E-state index contributed by atoms with van der Waals surface area (Å²) in [4.78, 5) is 0.200. The summed E-state index contributed by atoms with van der Waals surface area (Å²) >= 11 is 0. The first kappa shape index (κ1) is 13.1. The summed E-state index contributed by atoms with van der Waals surface area (Å²) in [5.74, 6) is 0. The fraction of sp³-hybridized carbons (Fsp3) is 0.400. The van der Waals surface area contributed by atoms with Crippen LogP contribution >= 0.6 is 0 Å². The molecule has 0 unspecified atom stereocenters. The lowest BCUT2D eigenvalue weighted by Crippen LogP contribution is -2.29. The van der Waals surface area contributed by atoms with Gasteiger partial charge in [-0.1, -0.05) is 12.1 Å². The lowest BCUT2D eigenvalue weighted by Gasteiger charge is -2.16. The quantitative estimate of drug-likeness (QED) is 0.748. The summed E-state index contributed by atoms with van der Waals surface area (Å²) in [5.41, 5.74) is 6.21.